The van der Waals surface area contributed by atoms with E-state index >= 15 is 0 Å². The van der Waals surface area contributed by atoms with Crippen molar-refractivity contribution in [3.63, 3.8) is 0 Å². The van der Waals surface area contributed by atoms with Crippen LogP contribution >= 0.6 is 0 Å². The van der Waals surface area contributed by atoms with E-state index in [1.807, 2.05) is 14.0 Å². The molecular weight excluding hydrogens is 168 g/mol. The Morgan fingerprint density at radius 3 is 2.92 bits per heavy atom. The molecule has 5 nitrogen and oxygen atoms in total. The number of hydrogen-bond donors (Lipinski definition) is 1. The first-order valence-electron chi connectivity index (χ1n) is 3.98. The van der Waals surface area contributed by atoms with Gasteiger partial charge in [0.2, 0.25) is 0 Å². The van der Waals surface area contributed by atoms with Gasteiger partial charge in [0, 0.05) is 7.05 Å². The number of aromatic nitrogens is 4. The predicted octanol–water partition coefficient (Wildman–Crippen LogP) is 0.164. The predicted molar refractivity (Wildman–Crippen MR) is 47.0 cm³/mol. The topological polar surface area (TPSA) is 63.8 Å². The Kier molecular flexibility index (Phi) is 1.73. The minimum atomic E-state index is -0.137. The van der Waals surface area contributed by atoms with Crippen LogP contribution in [0.5, 0.6) is 0 Å². The van der Waals surface area contributed by atoms with Crippen molar-refractivity contribution >= 4 is 11.0 Å². The highest BCUT2D eigenvalue weighted by atomic mass is 16.3. The fourth-order valence-electron chi connectivity index (χ4n) is 1.29. The third-order valence-corrected chi connectivity index (χ3v) is 1.97. The summed E-state index contributed by atoms with van der Waals surface area (Å²) >= 11 is 0. The molecule has 2 aromatic heterocycles. The van der Waals surface area contributed by atoms with Crippen molar-refractivity contribution in [3.05, 3.63) is 17.7 Å². The van der Waals surface area contributed by atoms with Gasteiger partial charge in [0.15, 0.2) is 11.5 Å². The molecule has 0 fully saturated rings. The monoisotopic (exact) mass is 178 g/mol. The van der Waals surface area contributed by atoms with Gasteiger partial charge in [0.05, 0.1) is 17.3 Å². The van der Waals surface area contributed by atoms with E-state index in [0.717, 1.165) is 16.7 Å². The van der Waals surface area contributed by atoms with Crippen molar-refractivity contribution in [3.8, 4) is 0 Å². The smallest absolute Gasteiger partial charge is 0.161 e. The maximum atomic E-state index is 8.90. The lowest BCUT2D eigenvalue weighted by molar-refractivity contribution is 0.271. The van der Waals surface area contributed by atoms with E-state index in [1.165, 1.54) is 0 Å². The van der Waals surface area contributed by atoms with E-state index in [1.54, 1.807) is 10.9 Å². The summed E-state index contributed by atoms with van der Waals surface area (Å²) in [4.78, 5) is 8.27. The van der Waals surface area contributed by atoms with Crippen LogP contribution in [0.4, 0.5) is 0 Å². The van der Waals surface area contributed by atoms with Crippen LogP contribution in [-0.2, 0) is 13.7 Å². The van der Waals surface area contributed by atoms with E-state index in [0.29, 0.717) is 5.82 Å². The molecule has 2 aromatic rings. The first-order valence-corrected chi connectivity index (χ1v) is 3.98. The normalized spacial score (nSPS) is 11.0. The average Bonchev–Trinajstić information content (AvgIpc) is 2.48. The summed E-state index contributed by atoms with van der Waals surface area (Å²) in [6.07, 6.45) is 1.73. The molecule has 0 spiro atoms. The molecule has 0 radical (unpaired) electrons. The molecule has 0 atom stereocenters. The Hall–Kier alpha value is -1.49. The Morgan fingerprint density at radius 1 is 1.46 bits per heavy atom. The molecule has 0 aliphatic heterocycles. The Balaban J connectivity index is 2.80. The molecule has 0 amide bonds. The van der Waals surface area contributed by atoms with E-state index < -0.39 is 0 Å². The third-order valence-electron chi connectivity index (χ3n) is 1.97. The summed E-state index contributed by atoms with van der Waals surface area (Å²) in [7, 11) is 1.82. The van der Waals surface area contributed by atoms with Crippen LogP contribution in [0.25, 0.3) is 11.0 Å². The Morgan fingerprint density at radius 2 is 2.23 bits per heavy atom. The molecule has 0 aliphatic carbocycles. The van der Waals surface area contributed by atoms with Gasteiger partial charge in [-0.05, 0) is 6.92 Å². The van der Waals surface area contributed by atoms with Crippen molar-refractivity contribution in [1.82, 2.24) is 19.7 Å². The molecule has 0 saturated heterocycles. The van der Waals surface area contributed by atoms with Gasteiger partial charge >= 0.3 is 0 Å². The van der Waals surface area contributed by atoms with Crippen molar-refractivity contribution in [2.24, 2.45) is 7.05 Å². The van der Waals surface area contributed by atoms with Gasteiger partial charge in [-0.25, -0.2) is 9.97 Å². The second-order valence-corrected chi connectivity index (χ2v) is 2.89. The van der Waals surface area contributed by atoms with Gasteiger partial charge in [-0.3, -0.25) is 4.68 Å². The second-order valence-electron chi connectivity index (χ2n) is 2.89. The number of rotatable bonds is 1. The van der Waals surface area contributed by atoms with Crippen LogP contribution in [0.1, 0.15) is 11.5 Å². The highest BCUT2D eigenvalue weighted by Gasteiger charge is 2.06. The number of aliphatic hydroxyl groups excluding tert-OH is 1. The third kappa shape index (κ3) is 1.17. The zero-order valence-electron chi connectivity index (χ0n) is 7.52. The number of fused-ring (bicyclic) bond motifs is 1. The van der Waals surface area contributed by atoms with Gasteiger partial charge in [-0.15, -0.1) is 0 Å². The van der Waals surface area contributed by atoms with E-state index in [-0.39, 0.29) is 6.61 Å². The average molecular weight is 178 g/mol. The van der Waals surface area contributed by atoms with E-state index in [4.69, 9.17) is 5.11 Å². The SMILES string of the molecule is Cc1nc(CO)nc2c1cnn2C. The van der Waals surface area contributed by atoms with Gasteiger partial charge in [-0.2, -0.15) is 5.10 Å². The first-order chi connectivity index (χ1) is 6.22. The van der Waals surface area contributed by atoms with Crippen LogP contribution in [0.15, 0.2) is 6.20 Å². The molecule has 68 valence electrons. The van der Waals surface area contributed by atoms with E-state index in [2.05, 4.69) is 15.1 Å². The standard InChI is InChI=1S/C8H10N4O/c1-5-6-3-9-12(2)8(6)11-7(4-13)10-5/h3,13H,4H2,1-2H3. The summed E-state index contributed by atoms with van der Waals surface area (Å²) < 4.78 is 1.67. The minimum absolute atomic E-state index is 0.137. The highest BCUT2D eigenvalue weighted by Crippen LogP contribution is 2.13. The zero-order chi connectivity index (χ0) is 9.42. The van der Waals surface area contributed by atoms with Gasteiger partial charge < -0.3 is 5.11 Å². The molecule has 0 unspecified atom stereocenters. The number of nitrogens with zero attached hydrogens (tertiary/aromatic N) is 4. The minimum Gasteiger partial charge on any atom is -0.388 e. The van der Waals surface area contributed by atoms with Gasteiger partial charge in [-0.1, -0.05) is 0 Å². The molecule has 2 heterocycles. The lowest BCUT2D eigenvalue weighted by Crippen LogP contribution is -2.00. The zero-order valence-corrected chi connectivity index (χ0v) is 7.52. The maximum absolute atomic E-state index is 8.90. The van der Waals surface area contributed by atoms with Crippen molar-refractivity contribution in [2.75, 3.05) is 0 Å². The fraction of sp³-hybridized carbons (Fsp3) is 0.375. The molecule has 0 saturated carbocycles. The van der Waals surface area contributed by atoms with Crippen LogP contribution in [-0.4, -0.2) is 24.9 Å². The molecule has 0 aromatic carbocycles. The molecule has 2 rings (SSSR count). The van der Waals surface area contributed by atoms with Crippen LogP contribution in [0.2, 0.25) is 0 Å². The molecule has 0 bridgehead atoms. The van der Waals surface area contributed by atoms with Crippen LogP contribution in [0, 0.1) is 6.92 Å². The summed E-state index contributed by atoms with van der Waals surface area (Å²) in [5.41, 5.74) is 1.61. The quantitative estimate of drug-likeness (QED) is 0.675. The molecule has 1 N–H and O–H groups in total. The lowest BCUT2D eigenvalue weighted by atomic mass is 10.3. The van der Waals surface area contributed by atoms with Crippen molar-refractivity contribution in [1.29, 1.82) is 0 Å². The van der Waals surface area contributed by atoms with Crippen LogP contribution < -0.4 is 0 Å². The number of aliphatic hydroxyl groups is 1. The molecule has 0 aliphatic rings. The summed E-state index contributed by atoms with van der Waals surface area (Å²) in [6.45, 7) is 1.74. The Labute approximate surface area is 75.0 Å². The summed E-state index contributed by atoms with van der Waals surface area (Å²) in [5, 5.41) is 13.9. The second kappa shape index (κ2) is 2.77. The number of aryl methyl sites for hydroxylation is 2. The summed E-state index contributed by atoms with van der Waals surface area (Å²) in [6, 6.07) is 0. The van der Waals surface area contributed by atoms with Crippen molar-refractivity contribution < 1.29 is 5.11 Å². The lowest BCUT2D eigenvalue weighted by Gasteiger charge is -1.99. The van der Waals surface area contributed by atoms with Crippen LogP contribution in [0.3, 0.4) is 0 Å². The number of hydrogen-bond acceptors (Lipinski definition) is 4. The first kappa shape index (κ1) is 8.12. The molecular formula is C8H10N4O. The fourth-order valence-corrected chi connectivity index (χ4v) is 1.29. The summed E-state index contributed by atoms with van der Waals surface area (Å²) in [5.74, 6) is 0.439. The van der Waals surface area contributed by atoms with E-state index in [9.17, 15) is 0 Å². The molecule has 5 heteroatoms. The highest BCUT2D eigenvalue weighted by molar-refractivity contribution is 5.76. The van der Waals surface area contributed by atoms with Gasteiger partial charge in [0.25, 0.3) is 0 Å². The Bertz CT molecular complexity index is 449. The van der Waals surface area contributed by atoms with Crippen molar-refractivity contribution in [2.45, 2.75) is 13.5 Å². The largest absolute Gasteiger partial charge is 0.388 e. The maximum Gasteiger partial charge on any atom is 0.161 e. The van der Waals surface area contributed by atoms with Gasteiger partial charge in [0.1, 0.15) is 6.61 Å². The molecule has 13 heavy (non-hydrogen) atoms.